The van der Waals surface area contributed by atoms with E-state index in [4.69, 9.17) is 5.11 Å². The monoisotopic (exact) mass is 217 g/mol. The molecule has 0 heterocycles. The minimum Gasteiger partial charge on any atom is -0.469 e. The van der Waals surface area contributed by atoms with Crippen molar-refractivity contribution in [2.24, 2.45) is 4.99 Å². The number of carbonyl (C=O) groups is 2. The Morgan fingerprint density at radius 3 is 1.93 bits per heavy atom. The van der Waals surface area contributed by atoms with Crippen LogP contribution in [0.25, 0.3) is 0 Å². The Bertz CT molecular complexity index is 229. The van der Waals surface area contributed by atoms with Crippen LogP contribution in [0.1, 0.15) is 12.8 Å². The molecule has 0 saturated carbocycles. The molecule has 1 N–H and O–H groups in total. The van der Waals surface area contributed by atoms with Crippen LogP contribution in [0.15, 0.2) is 4.99 Å². The number of nitrogens with zero attached hydrogens (tertiary/aromatic N) is 1. The molecule has 6 nitrogen and oxygen atoms in total. The zero-order valence-corrected chi connectivity index (χ0v) is 8.86. The van der Waals surface area contributed by atoms with Crippen LogP contribution in [-0.2, 0) is 19.1 Å². The Balaban J connectivity index is 4.30. The fourth-order valence-electron chi connectivity index (χ4n) is 0.860. The fraction of sp³-hybridized carbons (Fsp3) is 0.667. The highest BCUT2D eigenvalue weighted by atomic mass is 16.5. The molecule has 0 aromatic heterocycles. The maximum absolute atomic E-state index is 10.9. The first-order valence-electron chi connectivity index (χ1n) is 4.40. The largest absolute Gasteiger partial charge is 0.469 e. The normalized spacial score (nSPS) is 9.27. The second kappa shape index (κ2) is 7.93. The quantitative estimate of drug-likeness (QED) is 0.481. The lowest BCUT2D eigenvalue weighted by molar-refractivity contribution is -0.139. The number of carbonyl (C=O) groups excluding carboxylic acids is 2. The van der Waals surface area contributed by atoms with Gasteiger partial charge in [0.1, 0.15) is 0 Å². The molecule has 15 heavy (non-hydrogen) atoms. The maximum Gasteiger partial charge on any atom is 0.311 e. The van der Waals surface area contributed by atoms with E-state index in [9.17, 15) is 9.59 Å². The van der Waals surface area contributed by atoms with Crippen molar-refractivity contribution < 1.29 is 24.2 Å². The summed E-state index contributed by atoms with van der Waals surface area (Å²) in [7, 11) is 2.51. The van der Waals surface area contributed by atoms with Crippen LogP contribution in [0.4, 0.5) is 0 Å². The number of aliphatic hydroxyl groups is 1. The zero-order valence-electron chi connectivity index (χ0n) is 8.86. The minimum absolute atomic E-state index is 0.0639. The van der Waals surface area contributed by atoms with Crippen molar-refractivity contribution in [3.8, 4) is 0 Å². The molecule has 0 spiro atoms. The first kappa shape index (κ1) is 13.6. The predicted molar refractivity (Wildman–Crippen MR) is 52.7 cm³/mol. The molecule has 0 bridgehead atoms. The summed E-state index contributed by atoms with van der Waals surface area (Å²) in [6, 6.07) is 0. The van der Waals surface area contributed by atoms with E-state index in [0.717, 1.165) is 0 Å². The van der Waals surface area contributed by atoms with Gasteiger partial charge in [-0.05, 0) is 0 Å². The van der Waals surface area contributed by atoms with Crippen LogP contribution >= 0.6 is 0 Å². The molecule has 0 radical (unpaired) electrons. The second-order valence-electron chi connectivity index (χ2n) is 2.68. The molecule has 0 atom stereocenters. The van der Waals surface area contributed by atoms with E-state index in [1.165, 1.54) is 14.2 Å². The molecule has 6 heteroatoms. The van der Waals surface area contributed by atoms with Crippen LogP contribution in [0, 0.1) is 0 Å². The van der Waals surface area contributed by atoms with E-state index in [0.29, 0.717) is 5.71 Å². The van der Waals surface area contributed by atoms with Crippen molar-refractivity contribution in [2.45, 2.75) is 12.8 Å². The summed E-state index contributed by atoms with van der Waals surface area (Å²) in [6.45, 7) is 0.0230. The van der Waals surface area contributed by atoms with Gasteiger partial charge in [0.25, 0.3) is 0 Å². The summed E-state index contributed by atoms with van der Waals surface area (Å²) in [6.07, 6.45) is -0.128. The van der Waals surface area contributed by atoms with E-state index in [2.05, 4.69) is 14.5 Å². The van der Waals surface area contributed by atoms with Gasteiger partial charge < -0.3 is 14.6 Å². The zero-order chi connectivity index (χ0) is 11.7. The van der Waals surface area contributed by atoms with E-state index in [1.54, 1.807) is 0 Å². The van der Waals surface area contributed by atoms with Gasteiger partial charge in [0.2, 0.25) is 0 Å². The molecular weight excluding hydrogens is 202 g/mol. The maximum atomic E-state index is 10.9. The van der Waals surface area contributed by atoms with Gasteiger partial charge in [-0.2, -0.15) is 0 Å². The lowest BCUT2D eigenvalue weighted by Crippen LogP contribution is -2.15. The van der Waals surface area contributed by atoms with Gasteiger partial charge >= 0.3 is 11.9 Å². The molecule has 0 unspecified atom stereocenters. The van der Waals surface area contributed by atoms with Gasteiger partial charge in [-0.1, -0.05) is 0 Å². The summed E-state index contributed by atoms with van der Waals surface area (Å²) in [4.78, 5) is 25.8. The number of ether oxygens (including phenoxy) is 2. The van der Waals surface area contributed by atoms with Crippen molar-refractivity contribution in [1.29, 1.82) is 0 Å². The van der Waals surface area contributed by atoms with Crippen LogP contribution in [0.5, 0.6) is 0 Å². The lowest BCUT2D eigenvalue weighted by atomic mass is 10.2. The average molecular weight is 217 g/mol. The molecular formula is C9H15NO5. The minimum atomic E-state index is -0.476. The molecule has 0 aliphatic heterocycles. The number of aliphatic imine (C=N–C) groups is 1. The molecule has 86 valence electrons. The summed E-state index contributed by atoms with van der Waals surface area (Å²) in [5, 5.41) is 8.56. The number of methoxy groups -OCH3 is 2. The van der Waals surface area contributed by atoms with E-state index < -0.39 is 11.9 Å². The molecule has 0 fully saturated rings. The van der Waals surface area contributed by atoms with E-state index in [-0.39, 0.29) is 26.0 Å². The van der Waals surface area contributed by atoms with E-state index >= 15 is 0 Å². The predicted octanol–water partition coefficient (Wildman–Crippen LogP) is -0.454. The lowest BCUT2D eigenvalue weighted by Gasteiger charge is -2.04. The Morgan fingerprint density at radius 1 is 1.13 bits per heavy atom. The molecule has 0 aromatic carbocycles. The first-order chi connectivity index (χ1) is 7.13. The third kappa shape index (κ3) is 6.62. The fourth-order valence-corrected chi connectivity index (χ4v) is 0.860. The Kier molecular flexibility index (Phi) is 7.17. The molecule has 0 aliphatic rings. The Labute approximate surface area is 87.9 Å². The topological polar surface area (TPSA) is 85.2 Å². The van der Waals surface area contributed by atoms with Crippen molar-refractivity contribution in [2.75, 3.05) is 27.4 Å². The molecule has 0 aliphatic carbocycles. The van der Waals surface area contributed by atoms with Crippen molar-refractivity contribution in [1.82, 2.24) is 0 Å². The summed E-state index contributed by atoms with van der Waals surface area (Å²) in [5.74, 6) is -0.953. The van der Waals surface area contributed by atoms with Gasteiger partial charge in [-0.15, -0.1) is 0 Å². The summed E-state index contributed by atoms with van der Waals surface area (Å²) < 4.78 is 8.88. The van der Waals surface area contributed by atoms with Gasteiger partial charge in [0, 0.05) is 5.71 Å². The van der Waals surface area contributed by atoms with Gasteiger partial charge in [-0.3, -0.25) is 14.6 Å². The van der Waals surface area contributed by atoms with Gasteiger partial charge in [0.15, 0.2) is 0 Å². The van der Waals surface area contributed by atoms with Crippen LogP contribution < -0.4 is 0 Å². The highest BCUT2D eigenvalue weighted by Crippen LogP contribution is 1.98. The summed E-state index contributed by atoms with van der Waals surface area (Å²) in [5.41, 5.74) is 0.350. The van der Waals surface area contributed by atoms with Crippen molar-refractivity contribution >= 4 is 17.7 Å². The van der Waals surface area contributed by atoms with Crippen LogP contribution in [-0.4, -0.2) is 50.1 Å². The number of hydrogen-bond acceptors (Lipinski definition) is 6. The Hall–Kier alpha value is -1.43. The SMILES string of the molecule is COC(=O)CC(CC(=O)OC)=NCCO. The molecule has 0 aromatic rings. The molecule has 0 rings (SSSR count). The highest BCUT2D eigenvalue weighted by Gasteiger charge is 2.12. The number of esters is 2. The van der Waals surface area contributed by atoms with E-state index in [1.807, 2.05) is 0 Å². The third-order valence-electron chi connectivity index (χ3n) is 1.59. The van der Waals surface area contributed by atoms with Crippen LogP contribution in [0.3, 0.4) is 0 Å². The average Bonchev–Trinajstić information content (AvgIpc) is 2.25. The third-order valence-corrected chi connectivity index (χ3v) is 1.59. The number of hydrogen-bond donors (Lipinski definition) is 1. The van der Waals surface area contributed by atoms with Crippen molar-refractivity contribution in [3.05, 3.63) is 0 Å². The van der Waals surface area contributed by atoms with Crippen molar-refractivity contribution in [3.63, 3.8) is 0 Å². The molecule has 0 amide bonds. The second-order valence-corrected chi connectivity index (χ2v) is 2.68. The summed E-state index contributed by atoms with van der Waals surface area (Å²) >= 11 is 0. The first-order valence-corrected chi connectivity index (χ1v) is 4.40. The van der Waals surface area contributed by atoms with Gasteiger partial charge in [0.05, 0.1) is 40.2 Å². The number of rotatable bonds is 6. The smallest absolute Gasteiger partial charge is 0.311 e. The van der Waals surface area contributed by atoms with Gasteiger partial charge in [-0.25, -0.2) is 0 Å². The number of aliphatic hydroxyl groups excluding tert-OH is 1. The molecule has 0 saturated heterocycles. The Morgan fingerprint density at radius 2 is 1.60 bits per heavy atom. The highest BCUT2D eigenvalue weighted by molar-refractivity contribution is 6.06. The van der Waals surface area contributed by atoms with Crippen LogP contribution in [0.2, 0.25) is 0 Å². The standard InChI is InChI=1S/C9H15NO5/c1-14-8(12)5-7(10-3-4-11)6-9(13)15-2/h11H,3-6H2,1-2H3.